The van der Waals surface area contributed by atoms with E-state index in [0.29, 0.717) is 20.9 Å². The maximum atomic E-state index is 12.0. The van der Waals surface area contributed by atoms with Crippen LogP contribution in [0.1, 0.15) is 10.4 Å². The summed E-state index contributed by atoms with van der Waals surface area (Å²) in [6.45, 7) is 0. The third-order valence-corrected chi connectivity index (χ3v) is 3.03. The van der Waals surface area contributed by atoms with Crippen molar-refractivity contribution in [1.29, 1.82) is 0 Å². The average Bonchev–Trinajstić information content (AvgIpc) is 2.32. The fraction of sp³-hybridized carbons (Fsp3) is 0. The predicted molar refractivity (Wildman–Crippen MR) is 73.7 cm³/mol. The Morgan fingerprint density at radius 1 is 1.06 bits per heavy atom. The molecule has 92 valence electrons. The third kappa shape index (κ3) is 2.93. The number of hydrogen-bond acceptors (Lipinski definition) is 2. The number of pyridine rings is 1. The van der Waals surface area contributed by atoms with E-state index in [0.717, 1.165) is 0 Å². The molecular formula is C12H7Cl3N2O. The van der Waals surface area contributed by atoms with Crippen LogP contribution in [0.2, 0.25) is 15.2 Å². The van der Waals surface area contributed by atoms with Gasteiger partial charge in [-0.05, 0) is 24.3 Å². The summed E-state index contributed by atoms with van der Waals surface area (Å²) in [6, 6.07) is 8.08. The van der Waals surface area contributed by atoms with Gasteiger partial charge in [0.2, 0.25) is 0 Å². The van der Waals surface area contributed by atoms with Crippen LogP contribution in [0, 0.1) is 0 Å². The van der Waals surface area contributed by atoms with Gasteiger partial charge in [-0.3, -0.25) is 4.79 Å². The third-order valence-electron chi connectivity index (χ3n) is 2.18. The molecule has 2 rings (SSSR count). The van der Waals surface area contributed by atoms with Gasteiger partial charge in [0.25, 0.3) is 5.91 Å². The van der Waals surface area contributed by atoms with Gasteiger partial charge in [-0.1, -0.05) is 40.9 Å². The Kier molecular flexibility index (Phi) is 4.07. The molecule has 0 saturated heterocycles. The number of carbonyl (C=O) groups excluding carboxylic acids is 1. The number of hydrogen-bond donors (Lipinski definition) is 1. The van der Waals surface area contributed by atoms with E-state index in [1.807, 2.05) is 0 Å². The van der Waals surface area contributed by atoms with Crippen LogP contribution in [0.4, 0.5) is 5.69 Å². The highest BCUT2D eigenvalue weighted by atomic mass is 35.5. The zero-order valence-corrected chi connectivity index (χ0v) is 11.2. The van der Waals surface area contributed by atoms with Gasteiger partial charge in [0.05, 0.1) is 27.5 Å². The van der Waals surface area contributed by atoms with Crippen molar-refractivity contribution >= 4 is 46.4 Å². The number of halogens is 3. The molecule has 0 saturated carbocycles. The van der Waals surface area contributed by atoms with Gasteiger partial charge in [-0.15, -0.1) is 0 Å². The summed E-state index contributed by atoms with van der Waals surface area (Å²) in [6.07, 6.45) is 1.45. The van der Waals surface area contributed by atoms with Gasteiger partial charge in [0.15, 0.2) is 0 Å². The first-order valence-corrected chi connectivity index (χ1v) is 6.08. The fourth-order valence-corrected chi connectivity index (χ4v) is 2.04. The molecule has 6 heteroatoms. The van der Waals surface area contributed by atoms with Crippen molar-refractivity contribution < 1.29 is 4.79 Å². The summed E-state index contributed by atoms with van der Waals surface area (Å²) >= 11 is 17.5. The Morgan fingerprint density at radius 2 is 1.72 bits per heavy atom. The SMILES string of the molecule is O=C(Nc1ccc(Cl)nc1)c1c(Cl)cccc1Cl. The summed E-state index contributed by atoms with van der Waals surface area (Å²) in [5.74, 6) is -0.394. The Balaban J connectivity index is 2.25. The zero-order chi connectivity index (χ0) is 13.1. The average molecular weight is 302 g/mol. The van der Waals surface area contributed by atoms with Crippen LogP contribution in [-0.2, 0) is 0 Å². The Hall–Kier alpha value is -1.29. The van der Waals surface area contributed by atoms with Crippen molar-refractivity contribution in [1.82, 2.24) is 4.98 Å². The van der Waals surface area contributed by atoms with E-state index < -0.39 is 5.91 Å². The van der Waals surface area contributed by atoms with Gasteiger partial charge in [0.1, 0.15) is 5.15 Å². The molecule has 1 heterocycles. The van der Waals surface area contributed by atoms with Gasteiger partial charge in [-0.25, -0.2) is 4.98 Å². The second-order valence-corrected chi connectivity index (χ2v) is 4.62. The molecule has 3 nitrogen and oxygen atoms in total. The van der Waals surface area contributed by atoms with Crippen molar-refractivity contribution in [2.24, 2.45) is 0 Å². The van der Waals surface area contributed by atoms with Crippen LogP contribution in [0.15, 0.2) is 36.5 Å². The molecule has 2 aromatic rings. The smallest absolute Gasteiger partial charge is 0.258 e. The molecule has 0 radical (unpaired) electrons. The first-order chi connectivity index (χ1) is 8.58. The van der Waals surface area contributed by atoms with Crippen molar-refractivity contribution in [2.75, 3.05) is 5.32 Å². The lowest BCUT2D eigenvalue weighted by Crippen LogP contribution is -2.13. The van der Waals surface area contributed by atoms with Crippen LogP contribution in [0.25, 0.3) is 0 Å². The van der Waals surface area contributed by atoms with E-state index in [9.17, 15) is 4.79 Å². The Labute approximate surface area is 119 Å². The number of carbonyl (C=O) groups is 1. The van der Waals surface area contributed by atoms with Crippen molar-refractivity contribution in [3.05, 3.63) is 57.3 Å². The minimum absolute atomic E-state index is 0.232. The quantitative estimate of drug-likeness (QED) is 0.841. The lowest BCUT2D eigenvalue weighted by Gasteiger charge is -2.07. The fourth-order valence-electron chi connectivity index (χ4n) is 1.36. The molecule has 18 heavy (non-hydrogen) atoms. The molecule has 0 aliphatic carbocycles. The molecule has 0 atom stereocenters. The highest BCUT2D eigenvalue weighted by Gasteiger charge is 2.14. The van der Waals surface area contributed by atoms with Crippen molar-refractivity contribution in [3.8, 4) is 0 Å². The molecule has 0 aliphatic rings. The zero-order valence-electron chi connectivity index (χ0n) is 8.95. The topological polar surface area (TPSA) is 42.0 Å². The molecule has 0 bridgehead atoms. The van der Waals surface area contributed by atoms with Gasteiger partial charge in [-0.2, -0.15) is 0 Å². The lowest BCUT2D eigenvalue weighted by atomic mass is 10.2. The van der Waals surface area contributed by atoms with Gasteiger partial charge >= 0.3 is 0 Å². The standard InChI is InChI=1S/C12H7Cl3N2O/c13-8-2-1-3-9(14)11(8)12(18)17-7-4-5-10(15)16-6-7/h1-6H,(H,17,18). The van der Waals surface area contributed by atoms with E-state index in [2.05, 4.69) is 10.3 Å². The predicted octanol–water partition coefficient (Wildman–Crippen LogP) is 4.29. The molecule has 1 aromatic carbocycles. The number of aromatic nitrogens is 1. The number of nitrogens with zero attached hydrogens (tertiary/aromatic N) is 1. The Morgan fingerprint density at radius 3 is 2.28 bits per heavy atom. The van der Waals surface area contributed by atoms with E-state index in [4.69, 9.17) is 34.8 Å². The minimum Gasteiger partial charge on any atom is -0.320 e. The monoisotopic (exact) mass is 300 g/mol. The van der Waals surface area contributed by atoms with E-state index >= 15 is 0 Å². The normalized spacial score (nSPS) is 10.2. The number of nitrogens with one attached hydrogen (secondary N) is 1. The van der Waals surface area contributed by atoms with E-state index in [1.54, 1.807) is 30.3 Å². The number of benzene rings is 1. The van der Waals surface area contributed by atoms with Crippen LogP contribution in [0.3, 0.4) is 0 Å². The van der Waals surface area contributed by atoms with Gasteiger partial charge in [0, 0.05) is 0 Å². The highest BCUT2D eigenvalue weighted by molar-refractivity contribution is 6.40. The van der Waals surface area contributed by atoms with E-state index in [1.165, 1.54) is 6.20 Å². The van der Waals surface area contributed by atoms with Crippen molar-refractivity contribution in [3.63, 3.8) is 0 Å². The highest BCUT2D eigenvalue weighted by Crippen LogP contribution is 2.25. The maximum absolute atomic E-state index is 12.0. The van der Waals surface area contributed by atoms with Crippen molar-refractivity contribution in [2.45, 2.75) is 0 Å². The van der Waals surface area contributed by atoms with Crippen LogP contribution in [0.5, 0.6) is 0 Å². The first kappa shape index (κ1) is 13.1. The molecule has 1 amide bonds. The number of amides is 1. The van der Waals surface area contributed by atoms with Crippen LogP contribution >= 0.6 is 34.8 Å². The van der Waals surface area contributed by atoms with Crippen LogP contribution < -0.4 is 5.32 Å². The summed E-state index contributed by atoms with van der Waals surface area (Å²) in [5.41, 5.74) is 0.746. The molecule has 1 N–H and O–H groups in total. The van der Waals surface area contributed by atoms with Crippen LogP contribution in [-0.4, -0.2) is 10.9 Å². The van der Waals surface area contributed by atoms with E-state index in [-0.39, 0.29) is 5.56 Å². The Bertz CT molecular complexity index is 564. The summed E-state index contributed by atoms with van der Waals surface area (Å²) in [7, 11) is 0. The molecule has 0 fully saturated rings. The molecular weight excluding hydrogens is 295 g/mol. The minimum atomic E-state index is -0.394. The summed E-state index contributed by atoms with van der Waals surface area (Å²) in [4.78, 5) is 15.9. The maximum Gasteiger partial charge on any atom is 0.258 e. The molecule has 0 spiro atoms. The number of rotatable bonds is 2. The first-order valence-electron chi connectivity index (χ1n) is 4.95. The largest absolute Gasteiger partial charge is 0.320 e. The summed E-state index contributed by atoms with van der Waals surface area (Å²) < 4.78 is 0. The lowest BCUT2D eigenvalue weighted by molar-refractivity contribution is 0.102. The molecule has 0 aliphatic heterocycles. The second-order valence-electron chi connectivity index (χ2n) is 3.42. The molecule has 1 aromatic heterocycles. The molecule has 0 unspecified atom stereocenters. The van der Waals surface area contributed by atoms with Gasteiger partial charge < -0.3 is 5.32 Å². The summed E-state index contributed by atoms with van der Waals surface area (Å²) in [5, 5.41) is 3.58. The number of anilines is 1. The second kappa shape index (κ2) is 5.57.